The van der Waals surface area contributed by atoms with Crippen LogP contribution >= 0.6 is 0 Å². The Bertz CT molecular complexity index is 2230. The standard InChI is InChI=1S/C40H37F2N5O7/c41-30-14-13-26-10-4-11-28(33(26)27(30)12-5-21-51-39(50)54-47-31(48)15-16-32(47)49)35-34(42)36-29(22-43-35)37(52-23-25-8-2-1-3-9-25)45-38(44-36)53-24-40-17-6-19-46(40)20-7-18-40/h1-4,8-11,13-14,22H,5-7,12,15-21,23-24H2. The number of ether oxygens (including phenoxy) is 3. The number of fused-ring (bicyclic) bond motifs is 3. The van der Waals surface area contributed by atoms with Crippen LogP contribution < -0.4 is 9.47 Å². The van der Waals surface area contributed by atoms with Gasteiger partial charge in [0.15, 0.2) is 5.82 Å². The van der Waals surface area contributed by atoms with Crippen molar-refractivity contribution in [2.24, 2.45) is 0 Å². The molecule has 14 heteroatoms. The third-order valence-electron chi connectivity index (χ3n) is 10.4. The third kappa shape index (κ3) is 6.89. The Morgan fingerprint density at radius 1 is 0.889 bits per heavy atom. The minimum Gasteiger partial charge on any atom is -0.472 e. The predicted octanol–water partition coefficient (Wildman–Crippen LogP) is 6.86. The van der Waals surface area contributed by atoms with Crippen LogP contribution in [0.3, 0.4) is 0 Å². The lowest BCUT2D eigenvalue weighted by atomic mass is 9.94. The lowest BCUT2D eigenvalue weighted by Crippen LogP contribution is -2.43. The molecule has 12 nitrogen and oxygen atoms in total. The van der Waals surface area contributed by atoms with Gasteiger partial charge in [0.2, 0.25) is 5.88 Å². The number of rotatable bonds is 12. The summed E-state index contributed by atoms with van der Waals surface area (Å²) in [5.41, 5.74) is 1.32. The highest BCUT2D eigenvalue weighted by atomic mass is 19.1. The van der Waals surface area contributed by atoms with Crippen LogP contribution in [-0.2, 0) is 32.2 Å². The first-order valence-corrected chi connectivity index (χ1v) is 18.1. The van der Waals surface area contributed by atoms with E-state index in [9.17, 15) is 14.4 Å². The second-order valence-corrected chi connectivity index (χ2v) is 13.8. The van der Waals surface area contributed by atoms with E-state index in [0.717, 1.165) is 44.3 Å². The van der Waals surface area contributed by atoms with Gasteiger partial charge in [-0.1, -0.05) is 59.7 Å². The summed E-state index contributed by atoms with van der Waals surface area (Å²) < 4.78 is 50.0. The molecule has 0 spiro atoms. The molecule has 3 aromatic carbocycles. The van der Waals surface area contributed by atoms with E-state index in [2.05, 4.69) is 19.9 Å². The maximum absolute atomic E-state index is 16.9. The van der Waals surface area contributed by atoms with Crippen molar-refractivity contribution < 1.29 is 42.2 Å². The maximum Gasteiger partial charge on any atom is 0.533 e. The number of nitrogens with zero attached hydrogens (tertiary/aromatic N) is 5. The van der Waals surface area contributed by atoms with Crippen LogP contribution in [0.15, 0.2) is 66.9 Å². The summed E-state index contributed by atoms with van der Waals surface area (Å²) in [7, 11) is 0. The van der Waals surface area contributed by atoms with Crippen molar-refractivity contribution in [3.63, 3.8) is 0 Å². The lowest BCUT2D eigenvalue weighted by Gasteiger charge is -2.31. The number of amides is 2. The highest BCUT2D eigenvalue weighted by Crippen LogP contribution is 2.40. The molecule has 3 aliphatic rings. The summed E-state index contributed by atoms with van der Waals surface area (Å²) in [5.74, 6) is -2.41. The molecule has 3 fully saturated rings. The number of pyridine rings is 1. The minimum atomic E-state index is -1.22. The normalized spacial score (nSPS) is 16.7. The SMILES string of the molecule is O=C(OCCCc1c(F)ccc2cccc(-c3ncc4c(OCc5ccccc5)nc(OCC56CCCN5CCC6)nc4c3F)c12)ON1C(=O)CCC1=O. The van der Waals surface area contributed by atoms with Gasteiger partial charge in [-0.05, 0) is 79.6 Å². The fourth-order valence-electron chi connectivity index (χ4n) is 7.79. The van der Waals surface area contributed by atoms with Crippen molar-refractivity contribution >= 4 is 39.6 Å². The Kier molecular flexibility index (Phi) is 9.76. The molecule has 0 aliphatic carbocycles. The number of hydrogen-bond donors (Lipinski definition) is 0. The Morgan fingerprint density at radius 3 is 2.44 bits per heavy atom. The van der Waals surface area contributed by atoms with E-state index in [1.165, 1.54) is 12.3 Å². The molecular weight excluding hydrogens is 700 g/mol. The molecule has 54 heavy (non-hydrogen) atoms. The topological polar surface area (TPSA) is 133 Å². The van der Waals surface area contributed by atoms with E-state index < -0.39 is 29.6 Å². The van der Waals surface area contributed by atoms with Crippen LogP contribution in [0.2, 0.25) is 0 Å². The molecule has 2 amide bonds. The largest absolute Gasteiger partial charge is 0.533 e. The lowest BCUT2D eigenvalue weighted by molar-refractivity contribution is -0.177. The van der Waals surface area contributed by atoms with Crippen LogP contribution in [0.5, 0.6) is 11.9 Å². The first-order chi connectivity index (χ1) is 26.3. The average Bonchev–Trinajstić information content (AvgIpc) is 3.87. The number of carbonyl (C=O) groups excluding carboxylic acids is 3. The van der Waals surface area contributed by atoms with Crippen molar-refractivity contribution in [3.05, 3.63) is 89.6 Å². The highest BCUT2D eigenvalue weighted by molar-refractivity contribution is 6.01. The molecule has 0 bridgehead atoms. The molecule has 0 saturated carbocycles. The first kappa shape index (κ1) is 35.3. The van der Waals surface area contributed by atoms with Crippen molar-refractivity contribution in [2.45, 2.75) is 63.5 Å². The van der Waals surface area contributed by atoms with E-state index in [4.69, 9.17) is 19.0 Å². The third-order valence-corrected chi connectivity index (χ3v) is 10.4. The number of hydroxylamine groups is 2. The van der Waals surface area contributed by atoms with E-state index in [0.29, 0.717) is 28.0 Å². The summed E-state index contributed by atoms with van der Waals surface area (Å²) in [6.45, 7) is 2.40. The second kappa shape index (κ2) is 14.9. The fourth-order valence-corrected chi connectivity index (χ4v) is 7.79. The van der Waals surface area contributed by atoms with E-state index >= 15 is 8.78 Å². The molecular formula is C40H37F2N5O7. The zero-order valence-corrected chi connectivity index (χ0v) is 29.4. The summed E-state index contributed by atoms with van der Waals surface area (Å²) in [4.78, 5) is 56.5. The molecule has 8 rings (SSSR count). The maximum atomic E-state index is 16.9. The molecule has 3 saturated heterocycles. The Balaban J connectivity index is 1.10. The molecule has 278 valence electrons. The predicted molar refractivity (Wildman–Crippen MR) is 191 cm³/mol. The minimum absolute atomic E-state index is 0.00335. The van der Waals surface area contributed by atoms with Crippen LogP contribution in [-0.4, -0.2) is 74.7 Å². The number of hydrogen-bond acceptors (Lipinski definition) is 11. The quantitative estimate of drug-likeness (QED) is 0.0756. The molecule has 3 aliphatic heterocycles. The van der Waals surface area contributed by atoms with Gasteiger partial charge in [0.05, 0.1) is 17.5 Å². The molecule has 0 radical (unpaired) electrons. The van der Waals surface area contributed by atoms with Crippen LogP contribution in [0.25, 0.3) is 32.9 Å². The van der Waals surface area contributed by atoms with Crippen molar-refractivity contribution in [1.29, 1.82) is 0 Å². The summed E-state index contributed by atoms with van der Waals surface area (Å²) >= 11 is 0. The van der Waals surface area contributed by atoms with E-state index in [1.54, 1.807) is 24.3 Å². The Labute approximate surface area is 308 Å². The number of carbonyl (C=O) groups is 3. The summed E-state index contributed by atoms with van der Waals surface area (Å²) in [5, 5.41) is 1.73. The van der Waals surface area contributed by atoms with Crippen LogP contribution in [0, 0.1) is 11.6 Å². The van der Waals surface area contributed by atoms with Crippen molar-refractivity contribution in [3.8, 4) is 23.1 Å². The van der Waals surface area contributed by atoms with Crippen LogP contribution in [0.1, 0.15) is 56.1 Å². The highest BCUT2D eigenvalue weighted by Gasteiger charge is 2.45. The van der Waals surface area contributed by atoms with Crippen molar-refractivity contribution in [2.75, 3.05) is 26.3 Å². The van der Waals surface area contributed by atoms with Gasteiger partial charge in [-0.3, -0.25) is 24.3 Å². The number of aryl methyl sites for hydroxylation is 1. The molecule has 0 N–H and O–H groups in total. The smallest absolute Gasteiger partial charge is 0.472 e. The van der Waals surface area contributed by atoms with Gasteiger partial charge in [0.1, 0.15) is 30.2 Å². The van der Waals surface area contributed by atoms with Crippen LogP contribution in [0.4, 0.5) is 13.6 Å². The zero-order chi connectivity index (χ0) is 37.2. The summed E-state index contributed by atoms with van der Waals surface area (Å²) in [6, 6.07) is 17.7. The zero-order valence-electron chi connectivity index (χ0n) is 29.4. The number of aromatic nitrogens is 3. The van der Waals surface area contributed by atoms with Gasteiger partial charge >= 0.3 is 12.2 Å². The molecule has 0 atom stereocenters. The molecule has 5 heterocycles. The van der Waals surface area contributed by atoms with E-state index in [-0.39, 0.29) is 78.5 Å². The van der Waals surface area contributed by atoms with E-state index in [1.807, 2.05) is 30.3 Å². The Morgan fingerprint density at radius 2 is 1.67 bits per heavy atom. The monoisotopic (exact) mass is 737 g/mol. The number of imide groups is 1. The van der Waals surface area contributed by atoms with Gasteiger partial charge in [-0.2, -0.15) is 9.97 Å². The first-order valence-electron chi connectivity index (χ1n) is 18.1. The van der Waals surface area contributed by atoms with Gasteiger partial charge < -0.3 is 14.2 Å². The molecule has 2 aromatic heterocycles. The molecule has 0 unspecified atom stereocenters. The summed E-state index contributed by atoms with van der Waals surface area (Å²) in [6.07, 6.45) is 4.60. The Hall–Kier alpha value is -5.76. The fraction of sp³-hybridized carbons (Fsp3) is 0.350. The number of benzene rings is 3. The molecule has 5 aromatic rings. The van der Waals surface area contributed by atoms with Gasteiger partial charge in [0, 0.05) is 24.6 Å². The average molecular weight is 738 g/mol. The van der Waals surface area contributed by atoms with Crippen molar-refractivity contribution in [1.82, 2.24) is 24.9 Å². The van der Waals surface area contributed by atoms with Gasteiger partial charge in [0.25, 0.3) is 11.8 Å². The number of halogens is 2. The van der Waals surface area contributed by atoms with Gasteiger partial charge in [-0.25, -0.2) is 13.6 Å². The second-order valence-electron chi connectivity index (χ2n) is 13.8. The van der Waals surface area contributed by atoms with Gasteiger partial charge in [-0.15, -0.1) is 0 Å².